The van der Waals surface area contributed by atoms with Gasteiger partial charge in [-0.15, -0.1) is 11.3 Å². The lowest BCUT2D eigenvalue weighted by Gasteiger charge is -2.15. The number of aliphatic hydroxyl groups excluding tert-OH is 1. The fraction of sp³-hybridized carbons (Fsp3) is 0.400. The normalized spacial score (nSPS) is 15.6. The molecule has 2 heteroatoms. The van der Waals surface area contributed by atoms with Crippen LogP contribution in [0, 0.1) is 5.92 Å². The van der Waals surface area contributed by atoms with Gasteiger partial charge in [-0.25, -0.2) is 0 Å². The molecule has 0 spiro atoms. The molecule has 0 aromatic carbocycles. The third-order valence-electron chi connectivity index (χ3n) is 2.11. The van der Waals surface area contributed by atoms with Crippen LogP contribution in [0.15, 0.2) is 24.1 Å². The van der Waals surface area contributed by atoms with Crippen molar-refractivity contribution < 1.29 is 5.11 Å². The molecule has 1 nitrogen and oxygen atoms in total. The van der Waals surface area contributed by atoms with E-state index >= 15 is 0 Å². The van der Waals surface area contributed by atoms with E-state index in [1.165, 1.54) is 4.88 Å². The number of rotatable bonds is 3. The Kier molecular flexibility index (Phi) is 3.06. The molecule has 0 aliphatic rings. The molecule has 0 aliphatic heterocycles. The van der Waals surface area contributed by atoms with E-state index in [1.807, 2.05) is 24.4 Å². The summed E-state index contributed by atoms with van der Waals surface area (Å²) >= 11 is 1.67. The third-order valence-corrected chi connectivity index (χ3v) is 3.06. The standard InChI is InChI=1S/C10H14OS/c1-7(9(3)11)8(2)10-5-4-6-12-10/h4-7,9,11H,2H2,1,3H3/t7-,9-/m1/s1. The van der Waals surface area contributed by atoms with Gasteiger partial charge in [-0.2, -0.15) is 0 Å². The summed E-state index contributed by atoms with van der Waals surface area (Å²) in [7, 11) is 0. The van der Waals surface area contributed by atoms with Crippen LogP contribution in [0.2, 0.25) is 0 Å². The lowest BCUT2D eigenvalue weighted by atomic mass is 9.96. The summed E-state index contributed by atoms with van der Waals surface area (Å²) in [6.07, 6.45) is -0.320. The van der Waals surface area contributed by atoms with E-state index in [2.05, 4.69) is 6.58 Å². The molecule has 0 radical (unpaired) electrons. The highest BCUT2D eigenvalue weighted by atomic mass is 32.1. The Morgan fingerprint density at radius 1 is 1.58 bits per heavy atom. The predicted octanol–water partition coefficient (Wildman–Crippen LogP) is 2.78. The van der Waals surface area contributed by atoms with Crippen molar-refractivity contribution in [2.24, 2.45) is 5.92 Å². The van der Waals surface area contributed by atoms with Crippen molar-refractivity contribution in [2.45, 2.75) is 20.0 Å². The largest absolute Gasteiger partial charge is 0.393 e. The number of hydrogen-bond donors (Lipinski definition) is 1. The van der Waals surface area contributed by atoms with Crippen LogP contribution in [0.25, 0.3) is 5.57 Å². The Bertz CT molecular complexity index is 249. The van der Waals surface area contributed by atoms with E-state index in [0.29, 0.717) is 0 Å². The molecule has 1 N–H and O–H groups in total. The van der Waals surface area contributed by atoms with Gasteiger partial charge < -0.3 is 5.11 Å². The molecule has 0 bridgehead atoms. The zero-order valence-corrected chi connectivity index (χ0v) is 8.27. The third kappa shape index (κ3) is 1.96. The second-order valence-electron chi connectivity index (χ2n) is 3.03. The van der Waals surface area contributed by atoms with E-state index in [4.69, 9.17) is 0 Å². The highest BCUT2D eigenvalue weighted by molar-refractivity contribution is 7.11. The van der Waals surface area contributed by atoms with Gasteiger partial charge in [0.25, 0.3) is 0 Å². The van der Waals surface area contributed by atoms with E-state index < -0.39 is 0 Å². The minimum Gasteiger partial charge on any atom is -0.393 e. The molecule has 12 heavy (non-hydrogen) atoms. The van der Waals surface area contributed by atoms with Crippen molar-refractivity contribution in [2.75, 3.05) is 0 Å². The molecular weight excluding hydrogens is 168 g/mol. The molecule has 1 rings (SSSR count). The number of thiophene rings is 1. The van der Waals surface area contributed by atoms with Crippen molar-refractivity contribution in [3.63, 3.8) is 0 Å². The Hall–Kier alpha value is -0.600. The average Bonchev–Trinajstić information content (AvgIpc) is 2.53. The topological polar surface area (TPSA) is 20.2 Å². The first-order valence-corrected chi connectivity index (χ1v) is 4.91. The average molecular weight is 182 g/mol. The number of hydrogen-bond acceptors (Lipinski definition) is 2. The summed E-state index contributed by atoms with van der Waals surface area (Å²) in [5.74, 6) is 0.142. The summed E-state index contributed by atoms with van der Waals surface area (Å²) in [5, 5.41) is 11.4. The molecule has 0 unspecified atom stereocenters. The van der Waals surface area contributed by atoms with Crippen molar-refractivity contribution in [3.8, 4) is 0 Å². The second-order valence-corrected chi connectivity index (χ2v) is 3.98. The summed E-state index contributed by atoms with van der Waals surface area (Å²) in [6, 6.07) is 4.03. The lowest BCUT2D eigenvalue weighted by Crippen LogP contribution is -2.13. The smallest absolute Gasteiger partial charge is 0.0578 e. The van der Waals surface area contributed by atoms with Gasteiger partial charge in [0.2, 0.25) is 0 Å². The van der Waals surface area contributed by atoms with Crippen LogP contribution in [0.4, 0.5) is 0 Å². The monoisotopic (exact) mass is 182 g/mol. The molecule has 1 aromatic rings. The number of aliphatic hydroxyl groups is 1. The lowest BCUT2D eigenvalue weighted by molar-refractivity contribution is 0.161. The predicted molar refractivity (Wildman–Crippen MR) is 54.2 cm³/mol. The van der Waals surface area contributed by atoms with Gasteiger partial charge in [-0.3, -0.25) is 0 Å². The van der Waals surface area contributed by atoms with Gasteiger partial charge in [0.15, 0.2) is 0 Å². The van der Waals surface area contributed by atoms with Crippen LogP contribution in [0.3, 0.4) is 0 Å². The fourth-order valence-corrected chi connectivity index (χ4v) is 1.77. The van der Waals surface area contributed by atoms with Crippen molar-refractivity contribution >= 4 is 16.9 Å². The highest BCUT2D eigenvalue weighted by Gasteiger charge is 2.14. The Morgan fingerprint density at radius 2 is 2.25 bits per heavy atom. The first-order valence-electron chi connectivity index (χ1n) is 4.03. The van der Waals surface area contributed by atoms with Crippen molar-refractivity contribution in [3.05, 3.63) is 29.0 Å². The van der Waals surface area contributed by atoms with E-state index in [0.717, 1.165) is 5.57 Å². The van der Waals surface area contributed by atoms with Crippen LogP contribution in [-0.2, 0) is 0 Å². The van der Waals surface area contributed by atoms with Crippen LogP contribution in [0.1, 0.15) is 18.7 Å². The Labute approximate surface area is 77.4 Å². The molecule has 0 aliphatic carbocycles. The summed E-state index contributed by atoms with van der Waals surface area (Å²) in [4.78, 5) is 1.17. The zero-order chi connectivity index (χ0) is 9.14. The molecule has 0 amide bonds. The van der Waals surface area contributed by atoms with E-state index in [1.54, 1.807) is 18.3 Å². The van der Waals surface area contributed by atoms with Crippen LogP contribution < -0.4 is 0 Å². The zero-order valence-electron chi connectivity index (χ0n) is 7.45. The second kappa shape index (κ2) is 3.87. The van der Waals surface area contributed by atoms with Gasteiger partial charge >= 0.3 is 0 Å². The highest BCUT2D eigenvalue weighted by Crippen LogP contribution is 2.27. The first-order chi connectivity index (χ1) is 5.63. The molecule has 0 saturated heterocycles. The van der Waals surface area contributed by atoms with Crippen LogP contribution >= 0.6 is 11.3 Å². The minimum absolute atomic E-state index is 0.142. The van der Waals surface area contributed by atoms with Gasteiger partial charge in [0.1, 0.15) is 0 Å². The fourth-order valence-electron chi connectivity index (χ4n) is 0.977. The van der Waals surface area contributed by atoms with Crippen molar-refractivity contribution in [1.82, 2.24) is 0 Å². The maximum Gasteiger partial charge on any atom is 0.0578 e. The molecule has 66 valence electrons. The van der Waals surface area contributed by atoms with Crippen molar-refractivity contribution in [1.29, 1.82) is 0 Å². The van der Waals surface area contributed by atoms with Gasteiger partial charge in [-0.05, 0) is 23.9 Å². The van der Waals surface area contributed by atoms with Crippen LogP contribution in [0.5, 0.6) is 0 Å². The van der Waals surface area contributed by atoms with Crippen LogP contribution in [-0.4, -0.2) is 11.2 Å². The first kappa shape index (κ1) is 9.49. The van der Waals surface area contributed by atoms with Gasteiger partial charge in [-0.1, -0.05) is 19.6 Å². The van der Waals surface area contributed by atoms with E-state index in [-0.39, 0.29) is 12.0 Å². The molecule has 0 saturated carbocycles. The quantitative estimate of drug-likeness (QED) is 0.762. The summed E-state index contributed by atoms with van der Waals surface area (Å²) in [5.41, 5.74) is 1.03. The Balaban J connectivity index is 2.72. The summed E-state index contributed by atoms with van der Waals surface area (Å²) in [6.45, 7) is 7.76. The van der Waals surface area contributed by atoms with Gasteiger partial charge in [0, 0.05) is 10.8 Å². The van der Waals surface area contributed by atoms with E-state index in [9.17, 15) is 5.11 Å². The maximum absolute atomic E-state index is 9.33. The SMILES string of the molecule is C=C(c1cccs1)[C@@H](C)[C@@H](C)O. The minimum atomic E-state index is -0.320. The molecule has 2 atom stereocenters. The molecular formula is C10H14OS. The summed E-state index contributed by atoms with van der Waals surface area (Å²) < 4.78 is 0. The molecule has 1 aromatic heterocycles. The molecule has 0 fully saturated rings. The van der Waals surface area contributed by atoms with Gasteiger partial charge in [0.05, 0.1) is 6.10 Å². The Morgan fingerprint density at radius 3 is 2.67 bits per heavy atom. The maximum atomic E-state index is 9.33. The molecule has 1 heterocycles.